The van der Waals surface area contributed by atoms with Gasteiger partial charge in [-0.1, -0.05) is 13.8 Å². The lowest BCUT2D eigenvalue weighted by molar-refractivity contribution is 1.07. The molecule has 0 spiro atoms. The molecule has 0 bridgehead atoms. The third kappa shape index (κ3) is 2.74. The summed E-state index contributed by atoms with van der Waals surface area (Å²) in [5.74, 6) is 0. The molecule has 80 valence electrons. The number of benzene rings is 1. The Kier molecular flexibility index (Phi) is 5.50. The summed E-state index contributed by atoms with van der Waals surface area (Å²) in [6.07, 6.45) is 0. The van der Waals surface area contributed by atoms with Crippen molar-refractivity contribution in [1.29, 1.82) is 5.26 Å². The fraction of sp³-hybridized carbons (Fsp3) is 0.273. The Morgan fingerprint density at radius 3 is 2.60 bits per heavy atom. The number of H-pyrrole nitrogens is 1. The summed E-state index contributed by atoms with van der Waals surface area (Å²) in [5.41, 5.74) is 2.54. The predicted molar refractivity (Wildman–Crippen MR) is 67.3 cm³/mol. The predicted octanol–water partition coefficient (Wildman–Crippen LogP) is 2.88. The minimum Gasteiger partial charge on any atom is -0.282 e. The molecule has 0 saturated carbocycles. The van der Waals surface area contributed by atoms with Crippen molar-refractivity contribution in [2.24, 2.45) is 0 Å². The lowest BCUT2D eigenvalue weighted by atomic mass is 10.1. The van der Waals surface area contributed by atoms with Crippen molar-refractivity contribution in [3.63, 3.8) is 0 Å². The lowest BCUT2D eigenvalue weighted by Gasteiger charge is -1.88. The minimum atomic E-state index is 0. The zero-order valence-electron chi connectivity index (χ0n) is 9.13. The second-order valence-electron chi connectivity index (χ2n) is 2.69. The number of aromatic nitrogens is 2. The molecule has 0 unspecified atom stereocenters. The maximum Gasteiger partial charge on any atom is 0.0992 e. The van der Waals surface area contributed by atoms with Gasteiger partial charge in [0.1, 0.15) is 0 Å². The molecule has 1 aromatic carbocycles. The van der Waals surface area contributed by atoms with Gasteiger partial charge in [-0.05, 0) is 25.1 Å². The van der Waals surface area contributed by atoms with Gasteiger partial charge in [0.2, 0.25) is 0 Å². The van der Waals surface area contributed by atoms with E-state index in [1.807, 2.05) is 26.8 Å². The van der Waals surface area contributed by atoms with Crippen LogP contribution in [0, 0.1) is 18.3 Å². The van der Waals surface area contributed by atoms with E-state index in [1.54, 1.807) is 12.1 Å². The topological polar surface area (TPSA) is 52.5 Å². The first-order chi connectivity index (χ1) is 6.81. The van der Waals surface area contributed by atoms with Crippen LogP contribution in [0.1, 0.15) is 25.1 Å². The van der Waals surface area contributed by atoms with Crippen molar-refractivity contribution in [3.8, 4) is 6.07 Å². The van der Waals surface area contributed by atoms with Gasteiger partial charge >= 0.3 is 0 Å². The summed E-state index contributed by atoms with van der Waals surface area (Å²) in [6, 6.07) is 7.56. The second-order valence-corrected chi connectivity index (χ2v) is 2.69. The third-order valence-corrected chi connectivity index (χ3v) is 1.87. The molecule has 0 amide bonds. The number of hydrogen-bond acceptors (Lipinski definition) is 2. The monoisotopic (exact) mass is 221 g/mol. The summed E-state index contributed by atoms with van der Waals surface area (Å²) in [7, 11) is 0. The van der Waals surface area contributed by atoms with Crippen molar-refractivity contribution >= 4 is 24.4 Å². The molecule has 3 nitrogen and oxygen atoms in total. The average Bonchev–Trinajstić information content (AvgIpc) is 2.63. The Balaban J connectivity index is 0.000000617. The molecule has 0 fully saturated rings. The van der Waals surface area contributed by atoms with E-state index in [9.17, 15) is 0 Å². The maximum absolute atomic E-state index is 8.62. The molecule has 0 saturated heterocycles. The van der Waals surface area contributed by atoms with Gasteiger partial charge in [-0.3, -0.25) is 5.10 Å². The fourth-order valence-electron chi connectivity index (χ4n) is 1.22. The van der Waals surface area contributed by atoms with Gasteiger partial charge in [0.15, 0.2) is 0 Å². The summed E-state index contributed by atoms with van der Waals surface area (Å²) in [6.45, 7) is 5.96. The molecular formula is C11H15N3S. The number of nitrogens with one attached hydrogen (secondary N) is 1. The molecule has 2 rings (SSSR count). The number of aromatic amines is 1. The molecule has 0 aliphatic heterocycles. The Morgan fingerprint density at radius 1 is 1.33 bits per heavy atom. The molecule has 15 heavy (non-hydrogen) atoms. The van der Waals surface area contributed by atoms with E-state index in [4.69, 9.17) is 5.26 Å². The zero-order chi connectivity index (χ0) is 10.6. The largest absolute Gasteiger partial charge is 0.282 e. The van der Waals surface area contributed by atoms with Crippen LogP contribution >= 0.6 is 13.5 Å². The lowest BCUT2D eigenvalue weighted by Crippen LogP contribution is -1.73. The number of aryl methyl sites for hydroxylation is 1. The van der Waals surface area contributed by atoms with E-state index in [-0.39, 0.29) is 13.5 Å². The Morgan fingerprint density at radius 2 is 2.00 bits per heavy atom. The number of nitriles is 1. The van der Waals surface area contributed by atoms with Crippen LogP contribution < -0.4 is 0 Å². The van der Waals surface area contributed by atoms with Crippen molar-refractivity contribution in [2.45, 2.75) is 20.8 Å². The van der Waals surface area contributed by atoms with Crippen LogP contribution in [0.25, 0.3) is 10.9 Å². The SMILES string of the molecule is CC.Cc1[nH]nc2cc(C#N)ccc12.S. The average molecular weight is 221 g/mol. The first-order valence-electron chi connectivity index (χ1n) is 4.66. The Hall–Kier alpha value is -1.47. The smallest absolute Gasteiger partial charge is 0.0992 e. The quantitative estimate of drug-likeness (QED) is 0.743. The van der Waals surface area contributed by atoms with E-state index in [0.717, 1.165) is 16.6 Å². The molecule has 0 atom stereocenters. The van der Waals surface area contributed by atoms with Crippen LogP contribution in [0.4, 0.5) is 0 Å². The molecule has 1 N–H and O–H groups in total. The van der Waals surface area contributed by atoms with Gasteiger partial charge in [0.25, 0.3) is 0 Å². The van der Waals surface area contributed by atoms with Crippen LogP contribution in [0.5, 0.6) is 0 Å². The minimum absolute atomic E-state index is 0. The highest BCUT2D eigenvalue weighted by molar-refractivity contribution is 7.59. The first kappa shape index (κ1) is 13.5. The number of rotatable bonds is 0. The molecule has 0 aliphatic rings. The van der Waals surface area contributed by atoms with Gasteiger partial charge in [-0.15, -0.1) is 0 Å². The summed E-state index contributed by atoms with van der Waals surface area (Å²) in [4.78, 5) is 0. The first-order valence-corrected chi connectivity index (χ1v) is 4.66. The van der Waals surface area contributed by atoms with E-state index >= 15 is 0 Å². The van der Waals surface area contributed by atoms with E-state index in [2.05, 4.69) is 16.3 Å². The van der Waals surface area contributed by atoms with Crippen LogP contribution in [-0.4, -0.2) is 10.2 Å². The molecule has 4 heteroatoms. The molecule has 0 aliphatic carbocycles. The van der Waals surface area contributed by atoms with Crippen molar-refractivity contribution in [2.75, 3.05) is 0 Å². The molecule has 0 radical (unpaired) electrons. The molecule has 2 aromatic rings. The summed E-state index contributed by atoms with van der Waals surface area (Å²) >= 11 is 0. The van der Waals surface area contributed by atoms with E-state index in [0.29, 0.717) is 5.56 Å². The van der Waals surface area contributed by atoms with Gasteiger partial charge in [0.05, 0.1) is 17.1 Å². The number of fused-ring (bicyclic) bond motifs is 1. The van der Waals surface area contributed by atoms with Crippen LogP contribution in [0.2, 0.25) is 0 Å². The van der Waals surface area contributed by atoms with Crippen molar-refractivity contribution in [3.05, 3.63) is 29.5 Å². The molecule has 1 heterocycles. The maximum atomic E-state index is 8.62. The van der Waals surface area contributed by atoms with Gasteiger partial charge in [-0.2, -0.15) is 23.9 Å². The summed E-state index contributed by atoms with van der Waals surface area (Å²) < 4.78 is 0. The van der Waals surface area contributed by atoms with Crippen LogP contribution in [0.15, 0.2) is 18.2 Å². The Bertz CT molecular complexity index is 468. The normalized spacial score (nSPS) is 8.40. The fourth-order valence-corrected chi connectivity index (χ4v) is 1.22. The highest BCUT2D eigenvalue weighted by Crippen LogP contribution is 2.15. The van der Waals surface area contributed by atoms with Crippen LogP contribution in [0.3, 0.4) is 0 Å². The number of hydrogen-bond donors (Lipinski definition) is 1. The summed E-state index contributed by atoms with van der Waals surface area (Å²) in [5, 5.41) is 16.6. The van der Waals surface area contributed by atoms with Gasteiger partial charge < -0.3 is 0 Å². The second kappa shape index (κ2) is 6.10. The third-order valence-electron chi connectivity index (χ3n) is 1.87. The van der Waals surface area contributed by atoms with E-state index in [1.165, 1.54) is 0 Å². The highest BCUT2D eigenvalue weighted by Gasteiger charge is 2.00. The molecular weight excluding hydrogens is 206 g/mol. The number of nitrogens with zero attached hydrogens (tertiary/aromatic N) is 2. The standard InChI is InChI=1S/C9H7N3.C2H6.H2S/c1-6-8-3-2-7(5-10)4-9(8)12-11-6;1-2;/h2-4H,1H3,(H,11,12);1-2H3;1H2. The van der Waals surface area contributed by atoms with Crippen molar-refractivity contribution < 1.29 is 0 Å². The van der Waals surface area contributed by atoms with Crippen molar-refractivity contribution in [1.82, 2.24) is 10.2 Å². The van der Waals surface area contributed by atoms with Crippen LogP contribution in [-0.2, 0) is 0 Å². The van der Waals surface area contributed by atoms with Gasteiger partial charge in [0, 0.05) is 11.1 Å². The van der Waals surface area contributed by atoms with Gasteiger partial charge in [-0.25, -0.2) is 0 Å². The highest BCUT2D eigenvalue weighted by atomic mass is 32.1. The molecule has 1 aromatic heterocycles. The zero-order valence-corrected chi connectivity index (χ0v) is 10.1. The van der Waals surface area contributed by atoms with E-state index < -0.39 is 0 Å². The Labute approximate surface area is 96.6 Å².